The van der Waals surface area contributed by atoms with Gasteiger partial charge in [-0.05, 0) is 48.4 Å². The number of cyclic esters (lactones) is 1. The number of aliphatic imine (C=N–C) groups is 1. The molecule has 5 heteroatoms. The SMILES string of the molecule is Cc1ccccc1C1=N/C(=C\c2ccc(OCc3ccccc3Br)cc2)C(=O)O1. The number of ether oxygens (including phenoxy) is 2. The van der Waals surface area contributed by atoms with Crippen molar-refractivity contribution in [2.75, 3.05) is 0 Å². The number of hydrogen-bond donors (Lipinski definition) is 0. The van der Waals surface area contributed by atoms with Gasteiger partial charge in [0.2, 0.25) is 5.90 Å². The summed E-state index contributed by atoms with van der Waals surface area (Å²) in [6.07, 6.45) is 1.71. The molecule has 144 valence electrons. The van der Waals surface area contributed by atoms with E-state index in [4.69, 9.17) is 9.47 Å². The molecule has 0 radical (unpaired) electrons. The molecule has 0 saturated heterocycles. The van der Waals surface area contributed by atoms with Crippen LogP contribution in [0.2, 0.25) is 0 Å². The molecule has 0 spiro atoms. The summed E-state index contributed by atoms with van der Waals surface area (Å²) < 4.78 is 12.2. The molecule has 4 rings (SSSR count). The fraction of sp³-hybridized carbons (Fsp3) is 0.0833. The van der Waals surface area contributed by atoms with E-state index in [1.807, 2.05) is 79.7 Å². The lowest BCUT2D eigenvalue weighted by molar-refractivity contribution is -0.129. The Hall–Kier alpha value is -3.18. The van der Waals surface area contributed by atoms with Gasteiger partial charge < -0.3 is 9.47 Å². The highest BCUT2D eigenvalue weighted by Crippen LogP contribution is 2.23. The number of rotatable bonds is 5. The highest BCUT2D eigenvalue weighted by molar-refractivity contribution is 9.10. The molecule has 0 saturated carbocycles. The summed E-state index contributed by atoms with van der Waals surface area (Å²) in [7, 11) is 0. The molecule has 1 heterocycles. The van der Waals surface area contributed by atoms with Crippen LogP contribution in [0.15, 0.2) is 88.0 Å². The summed E-state index contributed by atoms with van der Waals surface area (Å²) in [6, 6.07) is 23.1. The summed E-state index contributed by atoms with van der Waals surface area (Å²) in [5, 5.41) is 0. The van der Waals surface area contributed by atoms with Crippen LogP contribution in [0.25, 0.3) is 6.08 Å². The van der Waals surface area contributed by atoms with Gasteiger partial charge in [0.15, 0.2) is 5.70 Å². The van der Waals surface area contributed by atoms with Gasteiger partial charge in [-0.25, -0.2) is 9.79 Å². The first-order valence-corrected chi connectivity index (χ1v) is 9.94. The fourth-order valence-electron chi connectivity index (χ4n) is 2.93. The Balaban J connectivity index is 1.48. The van der Waals surface area contributed by atoms with Crippen LogP contribution in [0.4, 0.5) is 0 Å². The maximum atomic E-state index is 12.2. The van der Waals surface area contributed by atoms with Gasteiger partial charge in [0.05, 0.1) is 0 Å². The normalized spacial score (nSPS) is 14.6. The van der Waals surface area contributed by atoms with Crippen molar-refractivity contribution in [3.05, 3.63) is 105 Å². The molecule has 0 amide bonds. The largest absolute Gasteiger partial charge is 0.489 e. The molecule has 0 unspecified atom stereocenters. The molecule has 1 aliphatic rings. The van der Waals surface area contributed by atoms with Crippen LogP contribution < -0.4 is 4.74 Å². The van der Waals surface area contributed by atoms with E-state index in [1.54, 1.807) is 6.08 Å². The second-order valence-electron chi connectivity index (χ2n) is 6.60. The Morgan fingerprint density at radius 3 is 2.48 bits per heavy atom. The van der Waals surface area contributed by atoms with Gasteiger partial charge >= 0.3 is 5.97 Å². The van der Waals surface area contributed by atoms with Gasteiger partial charge in [-0.1, -0.05) is 64.5 Å². The van der Waals surface area contributed by atoms with Gasteiger partial charge in [-0.3, -0.25) is 0 Å². The van der Waals surface area contributed by atoms with Crippen molar-refractivity contribution < 1.29 is 14.3 Å². The van der Waals surface area contributed by atoms with Crippen LogP contribution in [-0.4, -0.2) is 11.9 Å². The van der Waals surface area contributed by atoms with Crippen LogP contribution in [0.5, 0.6) is 5.75 Å². The van der Waals surface area contributed by atoms with Crippen LogP contribution in [0.1, 0.15) is 22.3 Å². The number of esters is 1. The number of carbonyl (C=O) groups is 1. The summed E-state index contributed by atoms with van der Waals surface area (Å²) in [4.78, 5) is 16.6. The lowest BCUT2D eigenvalue weighted by atomic mass is 10.1. The predicted octanol–water partition coefficient (Wildman–Crippen LogP) is 5.68. The van der Waals surface area contributed by atoms with E-state index in [2.05, 4.69) is 20.9 Å². The first kappa shape index (κ1) is 19.2. The Bertz CT molecular complexity index is 1120. The topological polar surface area (TPSA) is 47.9 Å². The Labute approximate surface area is 177 Å². The average Bonchev–Trinajstić information content (AvgIpc) is 3.09. The van der Waals surface area contributed by atoms with E-state index in [1.165, 1.54) is 0 Å². The Kier molecular flexibility index (Phi) is 5.58. The maximum Gasteiger partial charge on any atom is 0.363 e. The molecule has 0 atom stereocenters. The van der Waals surface area contributed by atoms with Gasteiger partial charge in [0.1, 0.15) is 12.4 Å². The lowest BCUT2D eigenvalue weighted by Gasteiger charge is -2.08. The number of halogens is 1. The van der Waals surface area contributed by atoms with Crippen molar-refractivity contribution in [2.24, 2.45) is 4.99 Å². The van der Waals surface area contributed by atoms with Crippen molar-refractivity contribution >= 4 is 33.9 Å². The van der Waals surface area contributed by atoms with Crippen LogP contribution in [-0.2, 0) is 16.1 Å². The number of benzene rings is 3. The number of hydrogen-bond acceptors (Lipinski definition) is 4. The van der Waals surface area contributed by atoms with Gasteiger partial charge in [-0.15, -0.1) is 0 Å². The molecule has 0 N–H and O–H groups in total. The molecule has 0 aromatic heterocycles. The average molecular weight is 448 g/mol. The zero-order valence-corrected chi connectivity index (χ0v) is 17.3. The van der Waals surface area contributed by atoms with Crippen LogP contribution in [0.3, 0.4) is 0 Å². The van der Waals surface area contributed by atoms with Crippen molar-refractivity contribution in [2.45, 2.75) is 13.5 Å². The smallest absolute Gasteiger partial charge is 0.363 e. The van der Waals surface area contributed by atoms with Crippen LogP contribution in [0, 0.1) is 6.92 Å². The minimum Gasteiger partial charge on any atom is -0.489 e. The third-order valence-corrected chi connectivity index (χ3v) is 5.31. The highest BCUT2D eigenvalue weighted by atomic mass is 79.9. The molecule has 4 nitrogen and oxygen atoms in total. The second kappa shape index (κ2) is 8.45. The minimum absolute atomic E-state index is 0.283. The summed E-state index contributed by atoms with van der Waals surface area (Å²) >= 11 is 3.52. The van der Waals surface area contributed by atoms with E-state index in [-0.39, 0.29) is 5.70 Å². The predicted molar refractivity (Wildman–Crippen MR) is 117 cm³/mol. The van der Waals surface area contributed by atoms with Crippen molar-refractivity contribution in [3.8, 4) is 5.75 Å². The van der Waals surface area contributed by atoms with E-state index in [0.717, 1.165) is 32.5 Å². The highest BCUT2D eigenvalue weighted by Gasteiger charge is 2.24. The monoisotopic (exact) mass is 447 g/mol. The van der Waals surface area contributed by atoms with E-state index >= 15 is 0 Å². The Morgan fingerprint density at radius 2 is 1.72 bits per heavy atom. The third kappa shape index (κ3) is 4.46. The summed E-state index contributed by atoms with van der Waals surface area (Å²) in [5.74, 6) is 0.645. The van der Waals surface area contributed by atoms with E-state index in [9.17, 15) is 4.79 Å². The van der Waals surface area contributed by atoms with Crippen LogP contribution >= 0.6 is 15.9 Å². The quantitative estimate of drug-likeness (QED) is 0.373. The molecule has 0 fully saturated rings. The first-order chi connectivity index (χ1) is 14.1. The zero-order chi connectivity index (χ0) is 20.2. The van der Waals surface area contributed by atoms with E-state index < -0.39 is 5.97 Å². The van der Waals surface area contributed by atoms with Gasteiger partial charge in [-0.2, -0.15) is 0 Å². The Morgan fingerprint density at radius 1 is 1.00 bits per heavy atom. The lowest BCUT2D eigenvalue weighted by Crippen LogP contribution is -2.06. The second-order valence-corrected chi connectivity index (χ2v) is 7.45. The zero-order valence-electron chi connectivity index (χ0n) is 15.8. The summed E-state index contributed by atoms with van der Waals surface area (Å²) in [5.41, 5.74) is 4.03. The maximum absolute atomic E-state index is 12.2. The molecular weight excluding hydrogens is 430 g/mol. The van der Waals surface area contributed by atoms with Gasteiger partial charge in [0, 0.05) is 15.6 Å². The molecule has 1 aliphatic heterocycles. The standard InChI is InChI=1S/C24H18BrNO3/c1-16-6-2-4-8-20(16)23-26-22(24(27)29-23)14-17-10-12-19(13-11-17)28-15-18-7-3-5-9-21(18)25/h2-14H,15H2,1H3/b22-14-. The first-order valence-electron chi connectivity index (χ1n) is 9.15. The van der Waals surface area contributed by atoms with Crippen molar-refractivity contribution in [1.29, 1.82) is 0 Å². The molecular formula is C24H18BrNO3. The summed E-state index contributed by atoms with van der Waals surface area (Å²) in [6.45, 7) is 2.43. The number of carbonyl (C=O) groups excluding carboxylic acids is 1. The third-order valence-electron chi connectivity index (χ3n) is 4.53. The minimum atomic E-state index is -0.447. The number of aryl methyl sites for hydroxylation is 1. The van der Waals surface area contributed by atoms with Gasteiger partial charge in [0.25, 0.3) is 0 Å². The molecule has 0 bridgehead atoms. The molecule has 29 heavy (non-hydrogen) atoms. The number of nitrogens with zero attached hydrogens (tertiary/aromatic N) is 1. The van der Waals surface area contributed by atoms with E-state index in [0.29, 0.717) is 12.5 Å². The molecule has 0 aliphatic carbocycles. The molecule has 3 aromatic carbocycles. The van der Waals surface area contributed by atoms with Crippen molar-refractivity contribution in [3.63, 3.8) is 0 Å². The molecule has 3 aromatic rings. The fourth-order valence-corrected chi connectivity index (χ4v) is 3.33. The van der Waals surface area contributed by atoms with Crippen molar-refractivity contribution in [1.82, 2.24) is 0 Å².